The molecule has 1 N–H and O–H groups in total. The highest BCUT2D eigenvalue weighted by atomic mass is 16.5. The number of carboxylic acid groups (broad SMARTS) is 1. The molecular formula is C24H44O4. The van der Waals surface area contributed by atoms with Gasteiger partial charge < -0.3 is 9.84 Å². The molecular weight excluding hydrogens is 352 g/mol. The Morgan fingerprint density at radius 1 is 0.786 bits per heavy atom. The van der Waals surface area contributed by atoms with Crippen LogP contribution in [0.4, 0.5) is 0 Å². The Bertz CT molecular complexity index is 403. The van der Waals surface area contributed by atoms with Gasteiger partial charge in [0.15, 0.2) is 0 Å². The molecule has 0 saturated heterocycles. The lowest BCUT2D eigenvalue weighted by molar-refractivity contribution is -0.147. The number of esters is 1. The summed E-state index contributed by atoms with van der Waals surface area (Å²) in [6.07, 6.45) is 21.4. The third kappa shape index (κ3) is 19.4. The summed E-state index contributed by atoms with van der Waals surface area (Å²) < 4.78 is 5.65. The van der Waals surface area contributed by atoms with Crippen molar-refractivity contribution in [3.63, 3.8) is 0 Å². The van der Waals surface area contributed by atoms with E-state index in [1.165, 1.54) is 44.9 Å². The first-order valence-corrected chi connectivity index (χ1v) is 11.7. The molecule has 0 rings (SSSR count). The highest BCUT2D eigenvalue weighted by molar-refractivity contribution is 5.69. The van der Waals surface area contributed by atoms with E-state index in [0.717, 1.165) is 51.4 Å². The van der Waals surface area contributed by atoms with E-state index < -0.39 is 5.97 Å². The van der Waals surface area contributed by atoms with Crippen molar-refractivity contribution < 1.29 is 19.4 Å². The van der Waals surface area contributed by atoms with E-state index in [1.54, 1.807) is 0 Å². The average molecular weight is 397 g/mol. The molecule has 0 fully saturated rings. The van der Waals surface area contributed by atoms with E-state index in [2.05, 4.69) is 26.0 Å². The normalized spacial score (nSPS) is 12.4. The molecule has 1 unspecified atom stereocenters. The molecule has 0 aliphatic rings. The first-order chi connectivity index (χ1) is 13.6. The van der Waals surface area contributed by atoms with Gasteiger partial charge in [0.2, 0.25) is 0 Å². The van der Waals surface area contributed by atoms with E-state index in [1.807, 2.05) is 0 Å². The van der Waals surface area contributed by atoms with Crippen molar-refractivity contribution in [3.8, 4) is 0 Å². The lowest BCUT2D eigenvalue weighted by atomic mass is 10.1. The van der Waals surface area contributed by atoms with Crippen molar-refractivity contribution in [3.05, 3.63) is 12.2 Å². The van der Waals surface area contributed by atoms with Gasteiger partial charge in [0.05, 0.1) is 0 Å². The average Bonchev–Trinajstić information content (AvgIpc) is 2.67. The highest BCUT2D eigenvalue weighted by Crippen LogP contribution is 2.14. The zero-order valence-corrected chi connectivity index (χ0v) is 18.4. The number of carbonyl (C=O) groups excluding carboxylic acids is 1. The Balaban J connectivity index is 4.07. The van der Waals surface area contributed by atoms with Gasteiger partial charge in [-0.25, -0.2) is 0 Å². The largest absolute Gasteiger partial charge is 0.481 e. The summed E-state index contributed by atoms with van der Waals surface area (Å²) in [6.45, 7) is 4.32. The van der Waals surface area contributed by atoms with Gasteiger partial charge in [0, 0.05) is 12.8 Å². The van der Waals surface area contributed by atoms with Crippen LogP contribution in [-0.2, 0) is 14.3 Å². The van der Waals surface area contributed by atoms with Crippen LogP contribution in [0.5, 0.6) is 0 Å². The first-order valence-electron chi connectivity index (χ1n) is 11.7. The van der Waals surface area contributed by atoms with Gasteiger partial charge in [0.25, 0.3) is 0 Å². The third-order valence-electron chi connectivity index (χ3n) is 4.97. The van der Waals surface area contributed by atoms with Crippen LogP contribution < -0.4 is 0 Å². The summed E-state index contributed by atoms with van der Waals surface area (Å²) >= 11 is 0. The van der Waals surface area contributed by atoms with E-state index in [0.29, 0.717) is 6.42 Å². The van der Waals surface area contributed by atoms with Crippen LogP contribution >= 0.6 is 0 Å². The summed E-state index contributed by atoms with van der Waals surface area (Å²) in [6, 6.07) is 0. The molecule has 0 aliphatic heterocycles. The Kier molecular flexibility index (Phi) is 19.5. The number of hydrogen-bond donors (Lipinski definition) is 1. The Morgan fingerprint density at radius 2 is 1.39 bits per heavy atom. The SMILES string of the molecule is CCCCCCCCC/C=C\C(CCCCCCC(=O)O)OC(=O)CCCC. The predicted molar refractivity (Wildman–Crippen MR) is 116 cm³/mol. The topological polar surface area (TPSA) is 63.6 Å². The minimum Gasteiger partial charge on any atom is -0.481 e. The van der Waals surface area contributed by atoms with Crippen LogP contribution in [0.1, 0.15) is 123 Å². The van der Waals surface area contributed by atoms with Crippen LogP contribution in [0.15, 0.2) is 12.2 Å². The van der Waals surface area contributed by atoms with Crippen molar-refractivity contribution in [2.75, 3.05) is 0 Å². The molecule has 1 atom stereocenters. The van der Waals surface area contributed by atoms with Crippen LogP contribution in [0, 0.1) is 0 Å². The van der Waals surface area contributed by atoms with E-state index in [-0.39, 0.29) is 18.5 Å². The van der Waals surface area contributed by atoms with Gasteiger partial charge in [-0.2, -0.15) is 0 Å². The zero-order chi connectivity index (χ0) is 20.9. The fraction of sp³-hybridized carbons (Fsp3) is 0.833. The number of unbranched alkanes of at least 4 members (excludes halogenated alkanes) is 11. The van der Waals surface area contributed by atoms with Crippen LogP contribution in [0.2, 0.25) is 0 Å². The minimum atomic E-state index is -0.726. The van der Waals surface area contributed by atoms with Gasteiger partial charge in [-0.15, -0.1) is 0 Å². The smallest absolute Gasteiger partial charge is 0.306 e. The van der Waals surface area contributed by atoms with Crippen LogP contribution in [0.25, 0.3) is 0 Å². The second-order valence-electron chi connectivity index (χ2n) is 7.82. The second kappa shape index (κ2) is 20.4. The monoisotopic (exact) mass is 396 g/mol. The summed E-state index contributed by atoms with van der Waals surface area (Å²) in [4.78, 5) is 22.5. The summed E-state index contributed by atoms with van der Waals surface area (Å²) in [5.41, 5.74) is 0. The van der Waals surface area contributed by atoms with Crippen molar-refractivity contribution in [2.45, 2.75) is 129 Å². The molecule has 0 saturated carbocycles. The fourth-order valence-corrected chi connectivity index (χ4v) is 3.19. The van der Waals surface area contributed by atoms with Crippen LogP contribution in [-0.4, -0.2) is 23.1 Å². The number of carbonyl (C=O) groups is 2. The maximum atomic E-state index is 12.0. The maximum Gasteiger partial charge on any atom is 0.306 e. The number of ether oxygens (including phenoxy) is 1. The standard InChI is InChI=1S/C24H44O4/c1-3-5-7-8-9-10-11-12-15-18-22(28-24(27)21-6-4-2)19-16-13-14-17-20-23(25)26/h15,18,22H,3-14,16-17,19-21H2,1-2H3,(H,25,26)/b18-15-. The molecule has 0 aliphatic carbocycles. The molecule has 0 heterocycles. The number of rotatable bonds is 20. The van der Waals surface area contributed by atoms with E-state index >= 15 is 0 Å². The van der Waals surface area contributed by atoms with Crippen molar-refractivity contribution in [1.29, 1.82) is 0 Å². The molecule has 0 aromatic rings. The fourth-order valence-electron chi connectivity index (χ4n) is 3.19. The molecule has 0 radical (unpaired) electrons. The Morgan fingerprint density at radius 3 is 2.07 bits per heavy atom. The number of carboxylic acids is 1. The van der Waals surface area contributed by atoms with E-state index in [4.69, 9.17) is 9.84 Å². The quantitative estimate of drug-likeness (QED) is 0.134. The lowest BCUT2D eigenvalue weighted by Crippen LogP contribution is -2.16. The molecule has 0 aromatic carbocycles. The molecule has 0 spiro atoms. The Labute approximate surface area is 173 Å². The van der Waals surface area contributed by atoms with Crippen LogP contribution in [0.3, 0.4) is 0 Å². The van der Waals surface area contributed by atoms with E-state index in [9.17, 15) is 9.59 Å². The Hall–Kier alpha value is -1.32. The van der Waals surface area contributed by atoms with Gasteiger partial charge in [0.1, 0.15) is 6.10 Å². The first kappa shape index (κ1) is 26.7. The van der Waals surface area contributed by atoms with Gasteiger partial charge in [-0.1, -0.05) is 77.7 Å². The number of hydrogen-bond acceptors (Lipinski definition) is 3. The second-order valence-corrected chi connectivity index (χ2v) is 7.82. The maximum absolute atomic E-state index is 12.0. The van der Waals surface area contributed by atoms with Crippen molar-refractivity contribution >= 4 is 11.9 Å². The van der Waals surface area contributed by atoms with Gasteiger partial charge >= 0.3 is 11.9 Å². The third-order valence-corrected chi connectivity index (χ3v) is 4.97. The molecule has 0 amide bonds. The zero-order valence-electron chi connectivity index (χ0n) is 18.4. The molecule has 0 bridgehead atoms. The lowest BCUT2D eigenvalue weighted by Gasteiger charge is -2.14. The van der Waals surface area contributed by atoms with Gasteiger partial charge in [-0.3, -0.25) is 9.59 Å². The molecule has 164 valence electrons. The predicted octanol–water partition coefficient (Wildman–Crippen LogP) is 7.21. The number of aliphatic carboxylic acids is 1. The highest BCUT2D eigenvalue weighted by Gasteiger charge is 2.11. The van der Waals surface area contributed by atoms with Crippen molar-refractivity contribution in [1.82, 2.24) is 0 Å². The number of allylic oxidation sites excluding steroid dienone is 1. The molecule has 4 heteroatoms. The minimum absolute atomic E-state index is 0.0988. The molecule has 0 aromatic heterocycles. The molecule has 28 heavy (non-hydrogen) atoms. The van der Waals surface area contributed by atoms with Crippen molar-refractivity contribution in [2.24, 2.45) is 0 Å². The summed E-state index contributed by atoms with van der Waals surface area (Å²) in [7, 11) is 0. The van der Waals surface area contributed by atoms with Gasteiger partial charge in [-0.05, 0) is 44.6 Å². The summed E-state index contributed by atoms with van der Waals surface area (Å²) in [5.74, 6) is -0.825. The summed E-state index contributed by atoms with van der Waals surface area (Å²) in [5, 5.41) is 8.67. The molecule has 4 nitrogen and oxygen atoms in total.